The lowest BCUT2D eigenvalue weighted by molar-refractivity contribution is 0.0470. The Morgan fingerprint density at radius 1 is 1.11 bits per heavy atom. The van der Waals surface area contributed by atoms with E-state index in [0.29, 0.717) is 10.0 Å². The third-order valence-corrected chi connectivity index (χ3v) is 4.23. The van der Waals surface area contributed by atoms with Crippen molar-refractivity contribution in [3.63, 3.8) is 0 Å². The molecule has 0 aliphatic heterocycles. The predicted molar refractivity (Wildman–Crippen MR) is 84.7 cm³/mol. The molecule has 0 heterocycles. The van der Waals surface area contributed by atoms with E-state index in [9.17, 15) is 4.79 Å². The maximum atomic E-state index is 12.0. The van der Waals surface area contributed by atoms with E-state index in [1.807, 2.05) is 24.3 Å². The first-order chi connectivity index (χ1) is 9.08. The van der Waals surface area contributed by atoms with Crippen LogP contribution in [0.5, 0.6) is 0 Å². The highest BCUT2D eigenvalue weighted by Crippen LogP contribution is 2.22. The molecular formula is C14H10Br2O2S. The molecule has 2 rings (SSSR count). The van der Waals surface area contributed by atoms with Crippen LogP contribution in [0.1, 0.15) is 15.9 Å². The minimum absolute atomic E-state index is 0.226. The van der Waals surface area contributed by atoms with Gasteiger partial charge < -0.3 is 4.74 Å². The van der Waals surface area contributed by atoms with Crippen LogP contribution in [0.3, 0.4) is 0 Å². The molecule has 0 saturated heterocycles. The van der Waals surface area contributed by atoms with Gasteiger partial charge in [-0.05, 0) is 40.2 Å². The van der Waals surface area contributed by atoms with Gasteiger partial charge in [-0.3, -0.25) is 0 Å². The number of halogens is 2. The lowest BCUT2D eigenvalue weighted by Crippen LogP contribution is -2.06. The van der Waals surface area contributed by atoms with Gasteiger partial charge in [-0.1, -0.05) is 34.1 Å². The summed E-state index contributed by atoms with van der Waals surface area (Å²) < 4.78 is 6.92. The van der Waals surface area contributed by atoms with Crippen molar-refractivity contribution in [3.05, 3.63) is 62.5 Å². The van der Waals surface area contributed by atoms with Gasteiger partial charge in [0, 0.05) is 19.4 Å². The molecule has 0 aliphatic carbocycles. The lowest BCUT2D eigenvalue weighted by Gasteiger charge is -2.08. The van der Waals surface area contributed by atoms with Crippen LogP contribution < -0.4 is 0 Å². The summed E-state index contributed by atoms with van der Waals surface area (Å²) in [5.74, 6) is -0.376. The van der Waals surface area contributed by atoms with Crippen molar-refractivity contribution in [1.29, 1.82) is 0 Å². The Kier molecular flexibility index (Phi) is 5.07. The molecule has 0 amide bonds. The number of hydrogen-bond donors (Lipinski definition) is 1. The molecule has 0 saturated carbocycles. The second-order valence-electron chi connectivity index (χ2n) is 3.83. The third-order valence-electron chi connectivity index (χ3n) is 2.49. The largest absolute Gasteiger partial charge is 0.457 e. The van der Waals surface area contributed by atoms with Gasteiger partial charge in [-0.25, -0.2) is 4.79 Å². The number of hydrogen-bond acceptors (Lipinski definition) is 3. The van der Waals surface area contributed by atoms with Gasteiger partial charge in [0.15, 0.2) is 0 Å². The molecule has 98 valence electrons. The van der Waals surface area contributed by atoms with Gasteiger partial charge in [0.25, 0.3) is 0 Å². The Balaban J connectivity index is 2.10. The minimum Gasteiger partial charge on any atom is -0.457 e. The number of rotatable bonds is 3. The zero-order valence-corrected chi connectivity index (χ0v) is 13.8. The molecule has 2 nitrogen and oxygen atoms in total. The number of benzene rings is 2. The van der Waals surface area contributed by atoms with E-state index in [4.69, 9.17) is 4.74 Å². The predicted octanol–water partition coefficient (Wildman–Crippen LogP) is 4.86. The van der Waals surface area contributed by atoms with Gasteiger partial charge in [0.2, 0.25) is 0 Å². The SMILES string of the molecule is O=C(OCc1ccccc1Br)c1cc(S)ccc1Br. The van der Waals surface area contributed by atoms with Crippen molar-refractivity contribution in [3.8, 4) is 0 Å². The number of carbonyl (C=O) groups excluding carboxylic acids is 1. The van der Waals surface area contributed by atoms with E-state index in [-0.39, 0.29) is 12.6 Å². The summed E-state index contributed by atoms with van der Waals surface area (Å²) in [6.45, 7) is 0.226. The molecule has 0 unspecified atom stereocenters. The average Bonchev–Trinajstić information content (AvgIpc) is 2.40. The molecule has 19 heavy (non-hydrogen) atoms. The summed E-state index contributed by atoms with van der Waals surface area (Å²) in [4.78, 5) is 12.7. The molecule has 0 atom stereocenters. The first kappa shape index (κ1) is 14.6. The molecule has 2 aromatic carbocycles. The molecule has 0 fully saturated rings. The molecular weight excluding hydrogens is 392 g/mol. The van der Waals surface area contributed by atoms with Gasteiger partial charge in [-0.15, -0.1) is 12.6 Å². The number of esters is 1. The summed E-state index contributed by atoms with van der Waals surface area (Å²) in [7, 11) is 0. The quantitative estimate of drug-likeness (QED) is 0.587. The van der Waals surface area contributed by atoms with Crippen LogP contribution in [-0.4, -0.2) is 5.97 Å². The average molecular weight is 402 g/mol. The third kappa shape index (κ3) is 3.84. The summed E-state index contributed by atoms with van der Waals surface area (Å²) in [5, 5.41) is 0. The van der Waals surface area contributed by atoms with Crippen LogP contribution in [0.2, 0.25) is 0 Å². The zero-order chi connectivity index (χ0) is 13.8. The first-order valence-corrected chi connectivity index (χ1v) is 7.50. The fraction of sp³-hybridized carbons (Fsp3) is 0.0714. The Bertz CT molecular complexity index is 614. The van der Waals surface area contributed by atoms with E-state index in [0.717, 1.165) is 14.9 Å². The van der Waals surface area contributed by atoms with E-state index < -0.39 is 0 Å². The molecule has 5 heteroatoms. The molecule has 0 radical (unpaired) electrons. The lowest BCUT2D eigenvalue weighted by atomic mass is 10.2. The van der Waals surface area contributed by atoms with Crippen LogP contribution in [0.4, 0.5) is 0 Å². The summed E-state index contributed by atoms with van der Waals surface area (Å²) >= 11 is 11.0. The van der Waals surface area contributed by atoms with E-state index in [2.05, 4.69) is 44.5 Å². The second-order valence-corrected chi connectivity index (χ2v) is 6.06. The van der Waals surface area contributed by atoms with E-state index >= 15 is 0 Å². The van der Waals surface area contributed by atoms with Gasteiger partial charge in [-0.2, -0.15) is 0 Å². The highest BCUT2D eigenvalue weighted by atomic mass is 79.9. The maximum absolute atomic E-state index is 12.0. The summed E-state index contributed by atoms with van der Waals surface area (Å²) in [5.41, 5.74) is 1.40. The second kappa shape index (κ2) is 6.59. The van der Waals surface area contributed by atoms with Crippen LogP contribution in [0.25, 0.3) is 0 Å². The molecule has 2 aromatic rings. The smallest absolute Gasteiger partial charge is 0.339 e. The number of thiol groups is 1. The molecule has 0 aromatic heterocycles. The van der Waals surface area contributed by atoms with Gasteiger partial charge >= 0.3 is 5.97 Å². The van der Waals surface area contributed by atoms with E-state index in [1.165, 1.54) is 0 Å². The molecule has 0 N–H and O–H groups in total. The highest BCUT2D eigenvalue weighted by molar-refractivity contribution is 9.10. The van der Waals surface area contributed by atoms with Crippen LogP contribution in [0.15, 0.2) is 56.3 Å². The van der Waals surface area contributed by atoms with Crippen molar-refractivity contribution in [2.45, 2.75) is 11.5 Å². The topological polar surface area (TPSA) is 26.3 Å². The Hall–Kier alpha value is -0.780. The standard InChI is InChI=1S/C14H10Br2O2S/c15-12-4-2-1-3-9(12)8-18-14(17)11-7-10(19)5-6-13(11)16/h1-7,19H,8H2. The first-order valence-electron chi connectivity index (χ1n) is 5.47. The Labute approximate surface area is 133 Å². The van der Waals surface area contributed by atoms with Crippen LogP contribution in [0, 0.1) is 0 Å². The van der Waals surface area contributed by atoms with Crippen LogP contribution in [-0.2, 0) is 11.3 Å². The fourth-order valence-corrected chi connectivity index (χ4v) is 2.52. The Morgan fingerprint density at radius 2 is 1.84 bits per heavy atom. The number of ether oxygens (including phenoxy) is 1. The number of carbonyl (C=O) groups is 1. The zero-order valence-electron chi connectivity index (χ0n) is 9.77. The van der Waals surface area contributed by atoms with Crippen molar-refractivity contribution in [2.75, 3.05) is 0 Å². The van der Waals surface area contributed by atoms with Crippen molar-refractivity contribution in [1.82, 2.24) is 0 Å². The Morgan fingerprint density at radius 3 is 2.58 bits per heavy atom. The molecule has 0 aliphatic rings. The minimum atomic E-state index is -0.376. The van der Waals surface area contributed by atoms with Crippen molar-refractivity contribution >= 4 is 50.5 Å². The maximum Gasteiger partial charge on any atom is 0.339 e. The van der Waals surface area contributed by atoms with Crippen molar-refractivity contribution < 1.29 is 9.53 Å². The monoisotopic (exact) mass is 400 g/mol. The summed E-state index contributed by atoms with van der Waals surface area (Å²) in [6.07, 6.45) is 0. The van der Waals surface area contributed by atoms with Crippen LogP contribution >= 0.6 is 44.5 Å². The highest BCUT2D eigenvalue weighted by Gasteiger charge is 2.12. The van der Waals surface area contributed by atoms with Gasteiger partial charge in [0.1, 0.15) is 6.61 Å². The van der Waals surface area contributed by atoms with E-state index in [1.54, 1.807) is 18.2 Å². The molecule has 0 bridgehead atoms. The van der Waals surface area contributed by atoms with Crippen molar-refractivity contribution in [2.24, 2.45) is 0 Å². The van der Waals surface area contributed by atoms with Gasteiger partial charge in [0.05, 0.1) is 5.56 Å². The summed E-state index contributed by atoms with van der Waals surface area (Å²) in [6, 6.07) is 12.9. The normalized spacial score (nSPS) is 10.3. The molecule has 0 spiro atoms. The fourth-order valence-electron chi connectivity index (χ4n) is 1.51.